The van der Waals surface area contributed by atoms with Crippen molar-refractivity contribution >= 4 is 39.1 Å². The predicted molar refractivity (Wildman–Crippen MR) is 267 cm³/mol. The van der Waals surface area contributed by atoms with Crippen LogP contribution in [0, 0.1) is 0 Å². The first-order chi connectivity index (χ1) is 28.5. The SMILES string of the molecule is C.CCC.CCc1ccc(COC)cc1.CCc1ccc(OC)cc1.CCc1ccc2cc(C(C)=O)ccc2c1.CCc1ccc2cc(OC)ccc2c1.COC.CSC. The van der Waals surface area contributed by atoms with Crippen LogP contribution in [0.5, 0.6) is 11.5 Å². The lowest BCUT2D eigenvalue weighted by Crippen LogP contribution is -1.91. The van der Waals surface area contributed by atoms with Gasteiger partial charge in [-0.3, -0.25) is 4.79 Å². The number of rotatable bonds is 9. The zero-order valence-electron chi connectivity index (χ0n) is 38.7. The molecule has 330 valence electrons. The Labute approximate surface area is 370 Å². The summed E-state index contributed by atoms with van der Waals surface area (Å²) in [6.45, 7) is 15.2. The zero-order chi connectivity index (χ0) is 44.4. The first-order valence-corrected chi connectivity index (χ1v) is 22.2. The van der Waals surface area contributed by atoms with E-state index in [-0.39, 0.29) is 13.2 Å². The molecule has 0 aliphatic rings. The van der Waals surface area contributed by atoms with Gasteiger partial charge in [0.2, 0.25) is 0 Å². The van der Waals surface area contributed by atoms with Crippen molar-refractivity contribution in [3.05, 3.63) is 155 Å². The van der Waals surface area contributed by atoms with Gasteiger partial charge in [-0.05, 0) is 125 Å². The molecule has 0 fully saturated rings. The lowest BCUT2D eigenvalue weighted by Gasteiger charge is -2.03. The Balaban J connectivity index is 0. The predicted octanol–water partition coefficient (Wildman–Crippen LogP) is 15.0. The first-order valence-electron chi connectivity index (χ1n) is 20.6. The van der Waals surface area contributed by atoms with E-state index in [2.05, 4.69) is 131 Å². The molecule has 6 rings (SSSR count). The maximum Gasteiger partial charge on any atom is 0.159 e. The van der Waals surface area contributed by atoms with Crippen molar-refractivity contribution < 1.29 is 23.7 Å². The highest BCUT2D eigenvalue weighted by molar-refractivity contribution is 7.97. The minimum atomic E-state index is 0. The van der Waals surface area contributed by atoms with Crippen molar-refractivity contribution in [3.63, 3.8) is 0 Å². The molecular formula is C54H78O5S. The molecule has 6 aromatic carbocycles. The van der Waals surface area contributed by atoms with E-state index < -0.39 is 0 Å². The fourth-order valence-corrected chi connectivity index (χ4v) is 5.25. The van der Waals surface area contributed by atoms with Gasteiger partial charge in [-0.2, -0.15) is 11.8 Å². The highest BCUT2D eigenvalue weighted by atomic mass is 32.2. The number of carbonyl (C=O) groups excluding carboxylic acids is 1. The van der Waals surface area contributed by atoms with Crippen molar-refractivity contribution in [1.82, 2.24) is 0 Å². The number of hydrogen-bond acceptors (Lipinski definition) is 6. The summed E-state index contributed by atoms with van der Waals surface area (Å²) in [6, 6.07) is 41.6. The molecule has 6 aromatic rings. The number of methoxy groups -OCH3 is 4. The molecule has 0 aliphatic heterocycles. The number of benzene rings is 6. The Morgan fingerprint density at radius 3 is 1.17 bits per heavy atom. The number of carbonyl (C=O) groups is 1. The molecule has 0 aromatic heterocycles. The summed E-state index contributed by atoms with van der Waals surface area (Å²) in [4.78, 5) is 11.2. The molecular weight excluding hydrogens is 761 g/mol. The van der Waals surface area contributed by atoms with Crippen molar-refractivity contribution in [3.8, 4) is 11.5 Å². The van der Waals surface area contributed by atoms with Gasteiger partial charge in [0.25, 0.3) is 0 Å². The van der Waals surface area contributed by atoms with E-state index in [1.165, 1.54) is 50.4 Å². The van der Waals surface area contributed by atoms with Crippen molar-refractivity contribution in [2.45, 2.75) is 94.6 Å². The molecule has 0 amide bonds. The monoisotopic (exact) mass is 839 g/mol. The average Bonchev–Trinajstić information content (AvgIpc) is 3.27. The average molecular weight is 839 g/mol. The van der Waals surface area contributed by atoms with Crippen molar-refractivity contribution in [2.24, 2.45) is 0 Å². The van der Waals surface area contributed by atoms with Crippen LogP contribution in [-0.4, -0.2) is 53.8 Å². The van der Waals surface area contributed by atoms with Gasteiger partial charge in [0.1, 0.15) is 11.5 Å². The summed E-state index contributed by atoms with van der Waals surface area (Å²) < 4.78 is 19.4. The van der Waals surface area contributed by atoms with E-state index in [0.29, 0.717) is 6.61 Å². The lowest BCUT2D eigenvalue weighted by molar-refractivity contribution is 0.101. The maximum atomic E-state index is 11.2. The number of hydrogen-bond donors (Lipinski definition) is 0. The second-order valence-electron chi connectivity index (χ2n) is 13.5. The molecule has 0 radical (unpaired) electrons. The van der Waals surface area contributed by atoms with E-state index >= 15 is 0 Å². The van der Waals surface area contributed by atoms with Gasteiger partial charge >= 0.3 is 0 Å². The third kappa shape index (κ3) is 23.8. The summed E-state index contributed by atoms with van der Waals surface area (Å²) in [5, 5.41) is 4.87. The van der Waals surface area contributed by atoms with Crippen LogP contribution < -0.4 is 9.47 Å². The number of ether oxygens (including phenoxy) is 4. The van der Waals surface area contributed by atoms with Crippen LogP contribution in [0.4, 0.5) is 0 Å². The van der Waals surface area contributed by atoms with Gasteiger partial charge < -0.3 is 18.9 Å². The lowest BCUT2D eigenvalue weighted by atomic mass is 10.0. The number of fused-ring (bicyclic) bond motifs is 2. The Hall–Kier alpha value is -4.62. The minimum Gasteiger partial charge on any atom is -0.497 e. The molecule has 0 unspecified atom stereocenters. The highest BCUT2D eigenvalue weighted by Gasteiger charge is 2.01. The molecule has 0 saturated heterocycles. The molecule has 0 bridgehead atoms. The van der Waals surface area contributed by atoms with Gasteiger partial charge in [-0.25, -0.2) is 0 Å². The molecule has 0 aliphatic carbocycles. The van der Waals surface area contributed by atoms with Gasteiger partial charge in [0.05, 0.1) is 20.8 Å². The summed E-state index contributed by atoms with van der Waals surface area (Å²) in [6.07, 6.45) is 9.66. The third-order valence-electron chi connectivity index (χ3n) is 8.55. The van der Waals surface area contributed by atoms with E-state index in [0.717, 1.165) is 48.1 Å². The third-order valence-corrected chi connectivity index (χ3v) is 8.55. The van der Waals surface area contributed by atoms with E-state index in [4.69, 9.17) is 14.2 Å². The molecule has 5 nitrogen and oxygen atoms in total. The summed E-state index contributed by atoms with van der Waals surface area (Å²) >= 11 is 1.75. The number of Topliss-reactive ketones (excluding diaryl/α,β-unsaturated/α-hetero) is 1. The molecule has 60 heavy (non-hydrogen) atoms. The van der Waals surface area contributed by atoms with Crippen LogP contribution >= 0.6 is 11.8 Å². The van der Waals surface area contributed by atoms with Crippen LogP contribution in [0.3, 0.4) is 0 Å². The summed E-state index contributed by atoms with van der Waals surface area (Å²) in [5.41, 5.74) is 7.46. The maximum absolute atomic E-state index is 11.2. The zero-order valence-corrected chi connectivity index (χ0v) is 39.6. The first kappa shape index (κ1) is 57.5. The molecule has 6 heteroatoms. The molecule has 0 atom stereocenters. The smallest absolute Gasteiger partial charge is 0.159 e. The Morgan fingerprint density at radius 1 is 0.467 bits per heavy atom. The Kier molecular flexibility index (Phi) is 34.7. The summed E-state index contributed by atoms with van der Waals surface area (Å²) in [5.74, 6) is 1.97. The van der Waals surface area contributed by atoms with E-state index in [1.807, 2.05) is 48.9 Å². The molecule has 0 saturated carbocycles. The quantitative estimate of drug-likeness (QED) is 0.135. The van der Waals surface area contributed by atoms with Crippen LogP contribution in [0.1, 0.15) is 100 Å². The van der Waals surface area contributed by atoms with Crippen LogP contribution in [0.15, 0.2) is 121 Å². The largest absolute Gasteiger partial charge is 0.497 e. The van der Waals surface area contributed by atoms with Crippen LogP contribution in [0.25, 0.3) is 21.5 Å². The second kappa shape index (κ2) is 36.2. The van der Waals surface area contributed by atoms with Gasteiger partial charge in [-0.1, -0.05) is 146 Å². The topological polar surface area (TPSA) is 54.0 Å². The van der Waals surface area contributed by atoms with E-state index in [1.54, 1.807) is 54.2 Å². The van der Waals surface area contributed by atoms with Gasteiger partial charge in [0.15, 0.2) is 5.78 Å². The Morgan fingerprint density at radius 2 is 0.783 bits per heavy atom. The molecule has 0 spiro atoms. The standard InChI is InChI=1S/C14H14O.C13H14O.C10H14O.C9H12O.C3H8.C2H6O.C2H6S.CH4/c1-3-11-4-5-14-9-12(10(2)15)6-7-13(14)8-11;1-3-10-4-5-12-9-13(14-2)7-6-11(12)8-10;1-3-9-4-6-10(7-5-9)8-11-2;1-3-8-4-6-9(10-2)7-5-8;3*1-3-2;/h4-9H,3H2,1-2H3;4-9H,3H2,1-2H3;4-7H,3,8H2,1-2H3;4-7H,3H2,1-2H3;3H2,1-2H3;2*1-2H3;1H4. The molecule has 0 heterocycles. The van der Waals surface area contributed by atoms with Gasteiger partial charge in [-0.15, -0.1) is 0 Å². The fraction of sp³-hybridized carbons (Fsp3) is 0.389. The Bertz CT molecular complexity index is 1880. The molecule has 0 N–H and O–H groups in total. The van der Waals surface area contributed by atoms with Crippen LogP contribution in [-0.2, 0) is 41.8 Å². The fourth-order valence-electron chi connectivity index (χ4n) is 5.25. The second-order valence-corrected chi connectivity index (χ2v) is 14.4. The summed E-state index contributed by atoms with van der Waals surface area (Å²) in [7, 11) is 8.34. The van der Waals surface area contributed by atoms with Gasteiger partial charge in [0, 0.05) is 26.9 Å². The van der Waals surface area contributed by atoms with E-state index in [9.17, 15) is 4.79 Å². The van der Waals surface area contributed by atoms with Crippen molar-refractivity contribution in [1.29, 1.82) is 0 Å². The highest BCUT2D eigenvalue weighted by Crippen LogP contribution is 2.22. The normalized spacial score (nSPS) is 9.37. The number of aryl methyl sites for hydroxylation is 4. The van der Waals surface area contributed by atoms with Crippen molar-refractivity contribution in [2.75, 3.05) is 48.1 Å². The number of ketones is 1. The number of thioether (sulfide) groups is 1. The van der Waals surface area contributed by atoms with Crippen LogP contribution in [0.2, 0.25) is 0 Å². The minimum absolute atomic E-state index is 0.